The molecule has 1 fully saturated rings. The number of nitrogens with zero attached hydrogens (tertiary/aromatic N) is 2. The second-order valence-corrected chi connectivity index (χ2v) is 11.3. The number of likely N-dealkylation sites (tertiary alicyclic amines) is 1. The summed E-state index contributed by atoms with van der Waals surface area (Å²) in [5, 5.41) is 12.5. The molecule has 2 aromatic carbocycles. The Labute approximate surface area is 246 Å². The fourth-order valence-electron chi connectivity index (χ4n) is 5.34. The van der Waals surface area contributed by atoms with Crippen LogP contribution in [0.5, 0.6) is 17.2 Å². The highest BCUT2D eigenvalue weighted by atomic mass is 16.5. The van der Waals surface area contributed by atoms with Gasteiger partial charge in [0.2, 0.25) is 11.8 Å². The number of hydrogen-bond acceptors (Lipinski definition) is 8. The van der Waals surface area contributed by atoms with Gasteiger partial charge in [0.05, 0.1) is 44.4 Å². The average Bonchev–Trinajstić information content (AvgIpc) is 2.97. The van der Waals surface area contributed by atoms with E-state index in [0.717, 1.165) is 5.56 Å². The van der Waals surface area contributed by atoms with Crippen molar-refractivity contribution in [3.8, 4) is 17.2 Å². The van der Waals surface area contributed by atoms with Crippen molar-refractivity contribution in [2.24, 2.45) is 5.41 Å². The Bertz CT molecular complexity index is 1270. The van der Waals surface area contributed by atoms with Crippen molar-refractivity contribution in [2.45, 2.75) is 45.4 Å². The lowest BCUT2D eigenvalue weighted by molar-refractivity contribution is -0.148. The van der Waals surface area contributed by atoms with Gasteiger partial charge in [0.1, 0.15) is 5.75 Å². The molecular formula is C31H41N3O8. The van der Waals surface area contributed by atoms with Gasteiger partial charge in [-0.2, -0.15) is 0 Å². The molecule has 0 aromatic heterocycles. The predicted octanol–water partition coefficient (Wildman–Crippen LogP) is 2.60. The summed E-state index contributed by atoms with van der Waals surface area (Å²) < 4.78 is 23.2. The van der Waals surface area contributed by atoms with Gasteiger partial charge in [-0.25, -0.2) is 0 Å². The lowest BCUT2D eigenvalue weighted by Crippen LogP contribution is -2.60. The molecule has 42 heavy (non-hydrogen) atoms. The zero-order valence-electron chi connectivity index (χ0n) is 24.8. The molecule has 11 heteroatoms. The average molecular weight is 584 g/mol. The van der Waals surface area contributed by atoms with Crippen molar-refractivity contribution in [1.29, 1.82) is 0 Å². The van der Waals surface area contributed by atoms with Crippen LogP contribution in [-0.4, -0.2) is 98.4 Å². The van der Waals surface area contributed by atoms with Gasteiger partial charge in [0, 0.05) is 38.9 Å². The Morgan fingerprint density at radius 2 is 1.98 bits per heavy atom. The molecule has 228 valence electrons. The van der Waals surface area contributed by atoms with E-state index in [-0.39, 0.29) is 63.3 Å². The molecule has 2 atom stereocenters. The summed E-state index contributed by atoms with van der Waals surface area (Å²) in [4.78, 5) is 43.5. The number of aliphatic hydroxyl groups is 1. The highest BCUT2D eigenvalue weighted by Gasteiger charge is 2.39. The van der Waals surface area contributed by atoms with Crippen molar-refractivity contribution in [3.05, 3.63) is 53.6 Å². The van der Waals surface area contributed by atoms with E-state index in [0.29, 0.717) is 42.2 Å². The summed E-state index contributed by atoms with van der Waals surface area (Å²) in [6.07, 6.45) is 0.456. The summed E-state index contributed by atoms with van der Waals surface area (Å²) in [6, 6.07) is 11.8. The molecular weight excluding hydrogens is 542 g/mol. The van der Waals surface area contributed by atoms with Gasteiger partial charge < -0.3 is 39.2 Å². The third kappa shape index (κ3) is 7.58. The van der Waals surface area contributed by atoms with Crippen molar-refractivity contribution < 1.29 is 38.4 Å². The lowest BCUT2D eigenvalue weighted by Gasteiger charge is -2.41. The van der Waals surface area contributed by atoms with Crippen molar-refractivity contribution in [3.63, 3.8) is 0 Å². The van der Waals surface area contributed by atoms with Crippen LogP contribution in [-0.2, 0) is 25.7 Å². The number of carbonyl (C=O) groups excluding carboxylic acids is 3. The van der Waals surface area contributed by atoms with Crippen LogP contribution >= 0.6 is 0 Å². The third-order valence-electron chi connectivity index (χ3n) is 7.48. The Morgan fingerprint density at radius 3 is 2.71 bits per heavy atom. The monoisotopic (exact) mass is 583 g/mol. The standard InChI is InChI=1S/C31H41N3O8/c1-31(2,20-39-3)30(38)34-13-11-25-24(17-34)32-28(36)18-33(12-6-14-35)29(37)22-9-10-26(40-4)27(16-22)42-23-8-5-7-21(15-23)19-41-25/h5,7-10,15-16,24-25,35H,6,11-14,17-20H2,1-4H3,(H,32,36)/t24-,25-/m0/s1. The number of piperidine rings is 1. The van der Waals surface area contributed by atoms with E-state index in [9.17, 15) is 19.5 Å². The number of amides is 3. The highest BCUT2D eigenvalue weighted by molar-refractivity contribution is 5.97. The molecule has 1 saturated heterocycles. The van der Waals surface area contributed by atoms with Crippen LogP contribution in [0.3, 0.4) is 0 Å². The van der Waals surface area contributed by atoms with Gasteiger partial charge in [-0.3, -0.25) is 14.4 Å². The summed E-state index contributed by atoms with van der Waals surface area (Å²) in [5.74, 6) is 0.518. The smallest absolute Gasteiger partial charge is 0.254 e. The second kappa shape index (κ2) is 14.0. The van der Waals surface area contributed by atoms with E-state index in [2.05, 4.69) is 5.32 Å². The molecule has 2 heterocycles. The quantitative estimate of drug-likeness (QED) is 0.510. The van der Waals surface area contributed by atoms with E-state index < -0.39 is 11.5 Å². The molecule has 2 aliphatic heterocycles. The zero-order valence-corrected chi connectivity index (χ0v) is 24.8. The molecule has 0 aliphatic carbocycles. The first-order valence-electron chi connectivity index (χ1n) is 14.2. The summed E-state index contributed by atoms with van der Waals surface area (Å²) in [7, 11) is 3.08. The third-order valence-corrected chi connectivity index (χ3v) is 7.48. The van der Waals surface area contributed by atoms with Crippen LogP contribution in [0.15, 0.2) is 42.5 Å². The number of rotatable bonds is 7. The molecule has 3 amide bonds. The predicted molar refractivity (Wildman–Crippen MR) is 154 cm³/mol. The number of benzene rings is 2. The molecule has 4 bridgehead atoms. The maximum Gasteiger partial charge on any atom is 0.254 e. The SMILES string of the molecule is COCC(C)(C)C(=O)N1CC[C@@H]2OCc3cccc(c3)Oc3cc(ccc3OC)C(=O)N(CCCO)CC(=O)N[C@H]2C1. The first kappa shape index (κ1) is 31.3. The second-order valence-electron chi connectivity index (χ2n) is 11.3. The molecule has 11 nitrogen and oxygen atoms in total. The summed E-state index contributed by atoms with van der Waals surface area (Å²) in [6.45, 7) is 4.76. The van der Waals surface area contributed by atoms with Crippen LogP contribution in [0.4, 0.5) is 0 Å². The van der Waals surface area contributed by atoms with E-state index in [4.69, 9.17) is 18.9 Å². The molecule has 2 aromatic rings. The number of nitrogens with one attached hydrogen (secondary N) is 1. The summed E-state index contributed by atoms with van der Waals surface area (Å²) in [5.41, 5.74) is 0.456. The molecule has 0 unspecified atom stereocenters. The van der Waals surface area contributed by atoms with Gasteiger partial charge in [0.25, 0.3) is 5.91 Å². The van der Waals surface area contributed by atoms with E-state index in [1.807, 2.05) is 38.1 Å². The fourth-order valence-corrected chi connectivity index (χ4v) is 5.34. The van der Waals surface area contributed by atoms with Crippen molar-refractivity contribution in [2.75, 3.05) is 53.6 Å². The number of methoxy groups -OCH3 is 2. The molecule has 2 aliphatic rings. The summed E-state index contributed by atoms with van der Waals surface area (Å²) >= 11 is 0. The number of hydrogen-bond donors (Lipinski definition) is 2. The minimum atomic E-state index is -0.726. The van der Waals surface area contributed by atoms with Crippen LogP contribution < -0.4 is 14.8 Å². The Kier molecular flexibility index (Phi) is 10.4. The maximum atomic E-state index is 13.6. The van der Waals surface area contributed by atoms with E-state index in [1.54, 1.807) is 30.2 Å². The first-order chi connectivity index (χ1) is 20.1. The van der Waals surface area contributed by atoms with Crippen LogP contribution in [0.1, 0.15) is 42.6 Å². The number of fused-ring (bicyclic) bond motifs is 5. The minimum Gasteiger partial charge on any atom is -0.493 e. The fraction of sp³-hybridized carbons (Fsp3) is 0.516. The van der Waals surface area contributed by atoms with Gasteiger partial charge in [-0.1, -0.05) is 12.1 Å². The number of aliphatic hydroxyl groups excluding tert-OH is 1. The van der Waals surface area contributed by atoms with E-state index in [1.165, 1.54) is 12.0 Å². The zero-order chi connectivity index (χ0) is 30.3. The first-order valence-corrected chi connectivity index (χ1v) is 14.2. The largest absolute Gasteiger partial charge is 0.493 e. The Balaban J connectivity index is 1.66. The Hall–Kier alpha value is -3.67. The normalized spacial score (nSPS) is 19.9. The van der Waals surface area contributed by atoms with Crippen LogP contribution in [0.2, 0.25) is 0 Å². The molecule has 2 N–H and O–H groups in total. The van der Waals surface area contributed by atoms with Crippen molar-refractivity contribution in [1.82, 2.24) is 15.1 Å². The van der Waals surface area contributed by atoms with Crippen LogP contribution in [0.25, 0.3) is 0 Å². The van der Waals surface area contributed by atoms with Gasteiger partial charge in [-0.15, -0.1) is 0 Å². The van der Waals surface area contributed by atoms with Gasteiger partial charge >= 0.3 is 0 Å². The highest BCUT2D eigenvalue weighted by Crippen LogP contribution is 2.33. The van der Waals surface area contributed by atoms with E-state index >= 15 is 0 Å². The maximum absolute atomic E-state index is 13.6. The number of carbonyl (C=O) groups is 3. The topological polar surface area (TPSA) is 127 Å². The van der Waals surface area contributed by atoms with Gasteiger partial charge in [0.15, 0.2) is 11.5 Å². The van der Waals surface area contributed by atoms with Crippen molar-refractivity contribution >= 4 is 17.7 Å². The minimum absolute atomic E-state index is 0.0656. The number of ether oxygens (including phenoxy) is 4. The van der Waals surface area contributed by atoms with Crippen LogP contribution in [0, 0.1) is 5.41 Å². The molecule has 0 saturated carbocycles. The van der Waals surface area contributed by atoms with Gasteiger partial charge in [-0.05, 0) is 62.6 Å². The lowest BCUT2D eigenvalue weighted by atomic mass is 9.90. The Morgan fingerprint density at radius 1 is 1.17 bits per heavy atom. The molecule has 0 radical (unpaired) electrons. The molecule has 4 rings (SSSR count). The molecule has 0 spiro atoms.